The Balaban J connectivity index is 1.56. The number of hydrogen-bond donors (Lipinski definition) is 2. The molecule has 23 heavy (non-hydrogen) atoms. The van der Waals surface area contributed by atoms with Crippen LogP contribution in [0.5, 0.6) is 0 Å². The van der Waals surface area contributed by atoms with Crippen molar-refractivity contribution in [1.82, 2.24) is 15.2 Å². The first-order valence-electron chi connectivity index (χ1n) is 7.84. The number of nitrogens with one attached hydrogen (secondary N) is 2. The standard InChI is InChI=1S/C17H22ClN3O2/c1-21-10-13(23-2)8-16(21)17(22)19-6-5-11-9-20-15-4-3-12(18)7-14(11)15/h3-4,7,9,13,16,20H,5-6,8,10H2,1-2H3,(H,19,22)/t13-,16-/m0/s1. The molecule has 3 rings (SSSR count). The number of likely N-dealkylation sites (tertiary alicyclic amines) is 1. The zero-order chi connectivity index (χ0) is 16.4. The molecule has 124 valence electrons. The van der Waals surface area contributed by atoms with Gasteiger partial charge in [-0.2, -0.15) is 0 Å². The quantitative estimate of drug-likeness (QED) is 0.880. The molecule has 0 unspecified atom stereocenters. The first-order chi connectivity index (χ1) is 11.1. The molecule has 1 aliphatic rings. The summed E-state index contributed by atoms with van der Waals surface area (Å²) in [6, 6.07) is 5.70. The number of amides is 1. The Morgan fingerprint density at radius 2 is 2.35 bits per heavy atom. The fraction of sp³-hybridized carbons (Fsp3) is 0.471. The molecule has 1 amide bonds. The van der Waals surface area contributed by atoms with Crippen LogP contribution in [0.15, 0.2) is 24.4 Å². The van der Waals surface area contributed by atoms with Crippen molar-refractivity contribution in [2.45, 2.75) is 25.0 Å². The summed E-state index contributed by atoms with van der Waals surface area (Å²) >= 11 is 6.06. The topological polar surface area (TPSA) is 57.4 Å². The molecule has 1 aromatic carbocycles. The third-order valence-electron chi connectivity index (χ3n) is 4.57. The number of likely N-dealkylation sites (N-methyl/N-ethyl adjacent to an activating group) is 1. The predicted octanol–water partition coefficient (Wildman–Crippen LogP) is 2.20. The van der Waals surface area contributed by atoms with Gasteiger partial charge >= 0.3 is 0 Å². The summed E-state index contributed by atoms with van der Waals surface area (Å²) in [5.41, 5.74) is 2.23. The first-order valence-corrected chi connectivity index (χ1v) is 8.22. The van der Waals surface area contributed by atoms with E-state index in [1.165, 1.54) is 0 Å². The fourth-order valence-electron chi connectivity index (χ4n) is 3.23. The van der Waals surface area contributed by atoms with E-state index in [0.29, 0.717) is 6.54 Å². The second-order valence-corrected chi connectivity index (χ2v) is 6.53. The highest BCUT2D eigenvalue weighted by Crippen LogP contribution is 2.22. The van der Waals surface area contributed by atoms with Crippen LogP contribution in [0.3, 0.4) is 0 Å². The molecule has 1 saturated heterocycles. The smallest absolute Gasteiger partial charge is 0.237 e. The highest BCUT2D eigenvalue weighted by Gasteiger charge is 2.34. The van der Waals surface area contributed by atoms with Gasteiger partial charge in [0.05, 0.1) is 12.1 Å². The van der Waals surface area contributed by atoms with Crippen molar-refractivity contribution in [3.05, 3.63) is 35.0 Å². The Morgan fingerprint density at radius 1 is 1.52 bits per heavy atom. The van der Waals surface area contributed by atoms with Crippen LogP contribution < -0.4 is 5.32 Å². The maximum absolute atomic E-state index is 12.3. The Morgan fingerprint density at radius 3 is 3.09 bits per heavy atom. The van der Waals surface area contributed by atoms with Crippen LogP contribution in [0.1, 0.15) is 12.0 Å². The Kier molecular flexibility index (Phi) is 4.90. The van der Waals surface area contributed by atoms with Gasteiger partial charge in [0.2, 0.25) is 5.91 Å². The van der Waals surface area contributed by atoms with Crippen LogP contribution in [0.2, 0.25) is 5.02 Å². The summed E-state index contributed by atoms with van der Waals surface area (Å²) in [5, 5.41) is 4.87. The number of halogens is 1. The van der Waals surface area contributed by atoms with Crippen molar-refractivity contribution < 1.29 is 9.53 Å². The normalized spacial score (nSPS) is 21.9. The number of aromatic amines is 1. The summed E-state index contributed by atoms with van der Waals surface area (Å²) in [6.07, 6.45) is 3.65. The number of ether oxygens (including phenoxy) is 1. The predicted molar refractivity (Wildman–Crippen MR) is 91.9 cm³/mol. The minimum absolute atomic E-state index is 0.0740. The molecule has 1 aliphatic heterocycles. The number of carbonyl (C=O) groups is 1. The molecule has 2 N–H and O–H groups in total. The molecule has 2 aromatic rings. The summed E-state index contributed by atoms with van der Waals surface area (Å²) in [5.74, 6) is 0.0740. The maximum Gasteiger partial charge on any atom is 0.237 e. The molecule has 0 radical (unpaired) electrons. The molecule has 1 aromatic heterocycles. The van der Waals surface area contributed by atoms with Gasteiger partial charge in [-0.05, 0) is 43.7 Å². The van der Waals surface area contributed by atoms with E-state index in [4.69, 9.17) is 16.3 Å². The van der Waals surface area contributed by atoms with Crippen LogP contribution in [0.4, 0.5) is 0 Å². The number of nitrogens with zero attached hydrogens (tertiary/aromatic N) is 1. The number of aromatic nitrogens is 1. The van der Waals surface area contributed by atoms with Gasteiger partial charge in [0.25, 0.3) is 0 Å². The van der Waals surface area contributed by atoms with Gasteiger partial charge in [-0.3, -0.25) is 9.69 Å². The second-order valence-electron chi connectivity index (χ2n) is 6.09. The third kappa shape index (κ3) is 3.52. The number of benzene rings is 1. The average Bonchev–Trinajstić information content (AvgIpc) is 3.10. The van der Waals surface area contributed by atoms with Gasteiger partial charge in [0.1, 0.15) is 0 Å². The third-order valence-corrected chi connectivity index (χ3v) is 4.80. The van der Waals surface area contributed by atoms with Crippen LogP contribution in [-0.4, -0.2) is 55.2 Å². The van der Waals surface area contributed by atoms with Crippen LogP contribution in [0, 0.1) is 0 Å². The van der Waals surface area contributed by atoms with E-state index in [2.05, 4.69) is 15.2 Å². The molecule has 2 heterocycles. The molecule has 1 fully saturated rings. The van der Waals surface area contributed by atoms with Crippen molar-refractivity contribution in [1.29, 1.82) is 0 Å². The number of hydrogen-bond acceptors (Lipinski definition) is 3. The van der Waals surface area contributed by atoms with E-state index in [1.807, 2.05) is 31.4 Å². The highest BCUT2D eigenvalue weighted by atomic mass is 35.5. The van der Waals surface area contributed by atoms with E-state index in [9.17, 15) is 4.79 Å². The lowest BCUT2D eigenvalue weighted by Gasteiger charge is -2.18. The molecular formula is C17H22ClN3O2. The summed E-state index contributed by atoms with van der Waals surface area (Å²) in [6.45, 7) is 1.41. The van der Waals surface area contributed by atoms with Gasteiger partial charge in [0.15, 0.2) is 0 Å². The minimum Gasteiger partial charge on any atom is -0.380 e. The van der Waals surface area contributed by atoms with E-state index < -0.39 is 0 Å². The van der Waals surface area contributed by atoms with Gasteiger partial charge < -0.3 is 15.0 Å². The molecule has 0 saturated carbocycles. The lowest BCUT2D eigenvalue weighted by atomic mass is 10.1. The molecule has 0 aliphatic carbocycles. The number of methoxy groups -OCH3 is 1. The van der Waals surface area contributed by atoms with Gasteiger partial charge in [-0.1, -0.05) is 11.6 Å². The van der Waals surface area contributed by atoms with E-state index in [0.717, 1.165) is 40.9 Å². The SMILES string of the molecule is CO[C@H]1C[C@@H](C(=O)NCCc2c[nH]c3ccc(Cl)cc23)N(C)C1. The number of H-pyrrole nitrogens is 1. The Labute approximate surface area is 140 Å². The van der Waals surface area contributed by atoms with E-state index >= 15 is 0 Å². The average molecular weight is 336 g/mol. The Bertz CT molecular complexity index is 700. The van der Waals surface area contributed by atoms with Crippen molar-refractivity contribution >= 4 is 28.4 Å². The summed E-state index contributed by atoms with van der Waals surface area (Å²) in [4.78, 5) is 17.6. The second kappa shape index (κ2) is 6.91. The monoisotopic (exact) mass is 335 g/mol. The van der Waals surface area contributed by atoms with Crippen molar-refractivity contribution in [3.8, 4) is 0 Å². The number of fused-ring (bicyclic) bond motifs is 1. The molecule has 6 heteroatoms. The number of rotatable bonds is 5. The summed E-state index contributed by atoms with van der Waals surface area (Å²) < 4.78 is 5.35. The molecule has 0 spiro atoms. The Hall–Kier alpha value is -1.56. The largest absolute Gasteiger partial charge is 0.380 e. The maximum atomic E-state index is 12.3. The zero-order valence-corrected chi connectivity index (χ0v) is 14.2. The van der Waals surface area contributed by atoms with Crippen LogP contribution >= 0.6 is 11.6 Å². The van der Waals surface area contributed by atoms with Crippen LogP contribution in [-0.2, 0) is 16.0 Å². The van der Waals surface area contributed by atoms with Crippen LogP contribution in [0.25, 0.3) is 10.9 Å². The van der Waals surface area contributed by atoms with Crippen molar-refractivity contribution in [3.63, 3.8) is 0 Å². The lowest BCUT2D eigenvalue weighted by Crippen LogP contribution is -2.42. The van der Waals surface area contributed by atoms with Gasteiger partial charge in [-0.25, -0.2) is 0 Å². The molecule has 0 bridgehead atoms. The van der Waals surface area contributed by atoms with Crippen molar-refractivity contribution in [2.75, 3.05) is 27.2 Å². The molecular weight excluding hydrogens is 314 g/mol. The summed E-state index contributed by atoms with van der Waals surface area (Å²) in [7, 11) is 3.66. The highest BCUT2D eigenvalue weighted by molar-refractivity contribution is 6.31. The van der Waals surface area contributed by atoms with Gasteiger partial charge in [-0.15, -0.1) is 0 Å². The van der Waals surface area contributed by atoms with E-state index in [-0.39, 0.29) is 18.1 Å². The first kappa shape index (κ1) is 16.3. The van der Waals surface area contributed by atoms with Gasteiger partial charge in [0, 0.05) is 42.3 Å². The minimum atomic E-state index is -0.0997. The van der Waals surface area contributed by atoms with Crippen molar-refractivity contribution in [2.24, 2.45) is 0 Å². The lowest BCUT2D eigenvalue weighted by molar-refractivity contribution is -0.125. The molecule has 2 atom stereocenters. The number of carbonyl (C=O) groups excluding carboxylic acids is 1. The zero-order valence-electron chi connectivity index (χ0n) is 13.4. The fourth-order valence-corrected chi connectivity index (χ4v) is 3.40. The molecule has 5 nitrogen and oxygen atoms in total. The van der Waals surface area contributed by atoms with E-state index in [1.54, 1.807) is 7.11 Å².